The molecule has 0 saturated heterocycles. The Morgan fingerprint density at radius 2 is 1.87 bits per heavy atom. The van der Waals surface area contributed by atoms with Crippen molar-refractivity contribution in [3.63, 3.8) is 0 Å². The number of para-hydroxylation sites is 1. The summed E-state index contributed by atoms with van der Waals surface area (Å²) in [6.07, 6.45) is 0. The van der Waals surface area contributed by atoms with Crippen LogP contribution in [-0.2, 0) is 15.8 Å². The molecule has 124 valence electrons. The molecule has 0 amide bonds. The first kappa shape index (κ1) is 18.1. The topological polar surface area (TPSA) is 55.4 Å². The molecule has 0 saturated carbocycles. The average molecular weight is 374 g/mol. The number of hydrogen-bond donors (Lipinski definition) is 1. The highest BCUT2D eigenvalue weighted by Crippen LogP contribution is 2.22. The van der Waals surface area contributed by atoms with Gasteiger partial charge in [0.25, 0.3) is 0 Å². The van der Waals surface area contributed by atoms with Gasteiger partial charge in [-0.15, -0.1) is 0 Å². The molecule has 2 aromatic carbocycles. The van der Waals surface area contributed by atoms with Crippen LogP contribution in [0.15, 0.2) is 42.5 Å². The quantitative estimate of drug-likeness (QED) is 0.750. The zero-order chi connectivity index (χ0) is 16.9. The Morgan fingerprint density at radius 1 is 1.13 bits per heavy atom. The van der Waals surface area contributed by atoms with Gasteiger partial charge in [0.1, 0.15) is 12.4 Å². The van der Waals surface area contributed by atoms with Gasteiger partial charge in [-0.1, -0.05) is 47.5 Å². The van der Waals surface area contributed by atoms with E-state index in [4.69, 9.17) is 27.9 Å². The molecule has 0 spiro atoms. The Labute approximate surface area is 146 Å². The molecule has 0 radical (unpaired) electrons. The summed E-state index contributed by atoms with van der Waals surface area (Å²) < 4.78 is 32.2. The second-order valence-electron chi connectivity index (χ2n) is 5.00. The molecule has 2 aromatic rings. The van der Waals surface area contributed by atoms with Crippen LogP contribution in [0.4, 0.5) is 0 Å². The van der Waals surface area contributed by atoms with Crippen LogP contribution < -0.4 is 9.46 Å². The van der Waals surface area contributed by atoms with E-state index in [2.05, 4.69) is 4.72 Å². The largest absolute Gasteiger partial charge is 0.492 e. The maximum absolute atomic E-state index is 12.1. The number of halogens is 2. The minimum atomic E-state index is -3.49. The van der Waals surface area contributed by atoms with Crippen molar-refractivity contribution in [1.82, 2.24) is 4.72 Å². The lowest BCUT2D eigenvalue weighted by Gasteiger charge is -2.11. The molecule has 0 unspecified atom stereocenters. The highest BCUT2D eigenvalue weighted by atomic mass is 35.5. The second-order valence-corrected chi connectivity index (χ2v) is 7.65. The third-order valence-electron chi connectivity index (χ3n) is 3.14. The molecule has 0 aliphatic heterocycles. The lowest BCUT2D eigenvalue weighted by Crippen LogP contribution is -2.29. The molecule has 0 fully saturated rings. The van der Waals surface area contributed by atoms with E-state index in [1.54, 1.807) is 12.1 Å². The fourth-order valence-electron chi connectivity index (χ4n) is 1.97. The Hall–Kier alpha value is -1.27. The highest BCUT2D eigenvalue weighted by Gasteiger charge is 2.13. The van der Waals surface area contributed by atoms with Gasteiger partial charge in [0, 0.05) is 16.6 Å². The molecule has 0 aromatic heterocycles. The van der Waals surface area contributed by atoms with E-state index in [0.29, 0.717) is 15.6 Å². The van der Waals surface area contributed by atoms with Gasteiger partial charge in [0.05, 0.1) is 5.75 Å². The summed E-state index contributed by atoms with van der Waals surface area (Å²) in [5.41, 5.74) is 1.51. The minimum absolute atomic E-state index is 0.182. The summed E-state index contributed by atoms with van der Waals surface area (Å²) in [6, 6.07) is 12.3. The Kier molecular flexibility index (Phi) is 6.30. The second kappa shape index (κ2) is 8.02. The van der Waals surface area contributed by atoms with Crippen LogP contribution in [0.25, 0.3) is 0 Å². The van der Waals surface area contributed by atoms with Gasteiger partial charge in [0.15, 0.2) is 0 Å². The fraction of sp³-hybridized carbons (Fsp3) is 0.250. The summed E-state index contributed by atoms with van der Waals surface area (Å²) in [5.74, 6) is 0.542. The summed E-state index contributed by atoms with van der Waals surface area (Å²) in [4.78, 5) is 0. The van der Waals surface area contributed by atoms with Crippen molar-refractivity contribution in [1.29, 1.82) is 0 Å². The first-order chi connectivity index (χ1) is 10.9. The molecular formula is C16H17Cl2NO3S. The lowest BCUT2D eigenvalue weighted by molar-refractivity contribution is 0.320. The van der Waals surface area contributed by atoms with Crippen LogP contribution in [0.3, 0.4) is 0 Å². The predicted molar refractivity (Wildman–Crippen MR) is 93.8 cm³/mol. The maximum atomic E-state index is 12.1. The highest BCUT2D eigenvalue weighted by molar-refractivity contribution is 7.88. The fourth-order valence-corrected chi connectivity index (χ4v) is 3.68. The average Bonchev–Trinajstić information content (AvgIpc) is 2.48. The molecule has 0 atom stereocenters. The third-order valence-corrected chi connectivity index (χ3v) is 5.06. The SMILES string of the molecule is Cc1ccccc1OCCNS(=O)(=O)Cc1ccc(Cl)cc1Cl. The van der Waals surface area contributed by atoms with Gasteiger partial charge in [-0.05, 0) is 36.2 Å². The standard InChI is InChI=1S/C16H17Cl2NO3S/c1-12-4-2-3-5-16(12)22-9-8-19-23(20,21)11-13-6-7-14(17)10-15(13)18/h2-7,10,19H,8-9,11H2,1H3. The van der Waals surface area contributed by atoms with Crippen LogP contribution in [0, 0.1) is 6.92 Å². The van der Waals surface area contributed by atoms with Gasteiger partial charge < -0.3 is 4.74 Å². The molecule has 0 heterocycles. The van der Waals surface area contributed by atoms with Crippen molar-refractivity contribution in [2.24, 2.45) is 0 Å². The molecular weight excluding hydrogens is 357 g/mol. The van der Waals surface area contributed by atoms with Gasteiger partial charge in [-0.2, -0.15) is 0 Å². The number of rotatable bonds is 7. The number of benzene rings is 2. The van der Waals surface area contributed by atoms with Crippen LogP contribution >= 0.6 is 23.2 Å². The predicted octanol–water partition coefficient (Wildman–Crippen LogP) is 3.80. The number of hydrogen-bond acceptors (Lipinski definition) is 3. The van der Waals surface area contributed by atoms with Crippen molar-refractivity contribution < 1.29 is 13.2 Å². The van der Waals surface area contributed by atoms with Gasteiger partial charge >= 0.3 is 0 Å². The first-order valence-corrected chi connectivity index (χ1v) is 9.38. The zero-order valence-corrected chi connectivity index (χ0v) is 14.9. The zero-order valence-electron chi connectivity index (χ0n) is 12.6. The molecule has 0 aliphatic rings. The minimum Gasteiger partial charge on any atom is -0.492 e. The number of ether oxygens (including phenoxy) is 1. The van der Waals surface area contributed by atoms with Crippen molar-refractivity contribution in [3.05, 3.63) is 63.6 Å². The van der Waals surface area contributed by atoms with Gasteiger partial charge in [0.2, 0.25) is 10.0 Å². The van der Waals surface area contributed by atoms with Crippen molar-refractivity contribution >= 4 is 33.2 Å². The summed E-state index contributed by atoms with van der Waals surface area (Å²) in [7, 11) is -3.49. The van der Waals surface area contributed by atoms with E-state index in [9.17, 15) is 8.42 Å². The number of aryl methyl sites for hydroxylation is 1. The molecule has 1 N–H and O–H groups in total. The summed E-state index contributed by atoms with van der Waals surface area (Å²) in [6.45, 7) is 2.36. The Morgan fingerprint density at radius 3 is 2.57 bits per heavy atom. The van der Waals surface area contributed by atoms with Crippen molar-refractivity contribution in [3.8, 4) is 5.75 Å². The molecule has 23 heavy (non-hydrogen) atoms. The smallest absolute Gasteiger partial charge is 0.215 e. The number of nitrogens with one attached hydrogen (secondary N) is 1. The van der Waals surface area contributed by atoms with Crippen LogP contribution in [0.2, 0.25) is 10.0 Å². The van der Waals surface area contributed by atoms with Gasteiger partial charge in [-0.3, -0.25) is 0 Å². The van der Waals surface area contributed by atoms with Gasteiger partial charge in [-0.25, -0.2) is 13.1 Å². The monoisotopic (exact) mass is 373 g/mol. The van der Waals surface area contributed by atoms with E-state index in [0.717, 1.165) is 11.3 Å². The molecule has 4 nitrogen and oxygen atoms in total. The Bertz CT molecular complexity index is 779. The molecule has 2 rings (SSSR count). The van der Waals surface area contributed by atoms with E-state index >= 15 is 0 Å². The third kappa shape index (κ3) is 5.70. The summed E-state index contributed by atoms with van der Waals surface area (Å²) in [5, 5.41) is 0.801. The van der Waals surface area contributed by atoms with E-state index in [-0.39, 0.29) is 18.9 Å². The first-order valence-electron chi connectivity index (χ1n) is 6.97. The molecule has 0 bridgehead atoms. The maximum Gasteiger partial charge on any atom is 0.215 e. The summed E-state index contributed by atoms with van der Waals surface area (Å²) >= 11 is 11.8. The van der Waals surface area contributed by atoms with Crippen LogP contribution in [-0.4, -0.2) is 21.6 Å². The molecule has 7 heteroatoms. The number of sulfonamides is 1. The van der Waals surface area contributed by atoms with E-state index in [1.165, 1.54) is 6.07 Å². The normalized spacial score (nSPS) is 11.4. The van der Waals surface area contributed by atoms with E-state index < -0.39 is 10.0 Å². The van der Waals surface area contributed by atoms with Crippen LogP contribution in [0.5, 0.6) is 5.75 Å². The molecule has 0 aliphatic carbocycles. The van der Waals surface area contributed by atoms with Crippen LogP contribution in [0.1, 0.15) is 11.1 Å². The van der Waals surface area contributed by atoms with Crippen molar-refractivity contribution in [2.75, 3.05) is 13.2 Å². The van der Waals surface area contributed by atoms with Crippen molar-refractivity contribution in [2.45, 2.75) is 12.7 Å². The Balaban J connectivity index is 1.86. The van der Waals surface area contributed by atoms with E-state index in [1.807, 2.05) is 31.2 Å². The lowest BCUT2D eigenvalue weighted by atomic mass is 10.2.